The van der Waals surface area contributed by atoms with Crippen molar-refractivity contribution in [1.29, 1.82) is 0 Å². The second-order valence-corrected chi connectivity index (χ2v) is 11.2. The average Bonchev–Trinajstić information content (AvgIpc) is 3.08. The second-order valence-electron chi connectivity index (χ2n) is 11.2. The molecule has 0 amide bonds. The standard InChI is InChI=1S/C42H26/c1-3-15-27(16-4-1)37-38(28-17-5-2-6-18-28)40-34-24-12-8-20-30(34)32-22-10-14-26-36(32)42(40)41-35-25-13-9-21-31(35)29-19-7-11-23-33(29)39(37)41/h1-26H. The van der Waals surface area contributed by atoms with E-state index in [-0.39, 0.29) is 0 Å². The van der Waals surface area contributed by atoms with E-state index in [1.54, 1.807) is 0 Å². The Bertz CT molecular complexity index is 2310. The Morgan fingerprint density at radius 2 is 0.429 bits per heavy atom. The van der Waals surface area contributed by atoms with Gasteiger partial charge < -0.3 is 0 Å². The molecular weight excluding hydrogens is 504 g/mol. The summed E-state index contributed by atoms with van der Waals surface area (Å²) in [7, 11) is 0. The fourth-order valence-electron chi connectivity index (χ4n) is 7.36. The lowest BCUT2D eigenvalue weighted by molar-refractivity contribution is 1.64. The summed E-state index contributed by atoms with van der Waals surface area (Å²) in [5.74, 6) is 0. The number of hydrogen-bond acceptors (Lipinski definition) is 0. The maximum Gasteiger partial charge on any atom is -0.000719 e. The first kappa shape index (κ1) is 23.3. The Kier molecular flexibility index (Phi) is 5.00. The van der Waals surface area contributed by atoms with Crippen molar-refractivity contribution < 1.29 is 0 Å². The number of fused-ring (bicyclic) bond motifs is 13. The third kappa shape index (κ3) is 3.18. The summed E-state index contributed by atoms with van der Waals surface area (Å²) >= 11 is 0. The van der Waals surface area contributed by atoms with E-state index in [0.717, 1.165) is 0 Å². The Labute approximate surface area is 244 Å². The molecule has 0 heteroatoms. The van der Waals surface area contributed by atoms with Crippen LogP contribution in [0.3, 0.4) is 0 Å². The molecule has 0 unspecified atom stereocenters. The third-order valence-corrected chi connectivity index (χ3v) is 8.99. The van der Waals surface area contributed by atoms with Crippen molar-refractivity contribution in [3.8, 4) is 22.3 Å². The van der Waals surface area contributed by atoms with Gasteiger partial charge in [0, 0.05) is 0 Å². The van der Waals surface area contributed by atoms with Crippen molar-refractivity contribution in [3.05, 3.63) is 158 Å². The van der Waals surface area contributed by atoms with Gasteiger partial charge >= 0.3 is 0 Å². The van der Waals surface area contributed by atoms with Crippen LogP contribution in [0, 0.1) is 0 Å². The van der Waals surface area contributed by atoms with E-state index in [0.29, 0.717) is 0 Å². The topological polar surface area (TPSA) is 0 Å². The zero-order valence-electron chi connectivity index (χ0n) is 23.0. The molecule has 0 atom stereocenters. The minimum absolute atomic E-state index is 1.24. The van der Waals surface area contributed by atoms with Gasteiger partial charge in [-0.15, -0.1) is 0 Å². The van der Waals surface area contributed by atoms with Gasteiger partial charge in [0.2, 0.25) is 0 Å². The first-order valence-electron chi connectivity index (χ1n) is 14.6. The molecular formula is C42H26. The zero-order chi connectivity index (χ0) is 27.6. The van der Waals surface area contributed by atoms with Gasteiger partial charge in [-0.3, -0.25) is 0 Å². The highest BCUT2D eigenvalue weighted by atomic mass is 14.3. The Morgan fingerprint density at radius 1 is 0.190 bits per heavy atom. The van der Waals surface area contributed by atoms with E-state index < -0.39 is 0 Å². The summed E-state index contributed by atoms with van der Waals surface area (Å²) in [6.45, 7) is 0. The van der Waals surface area contributed by atoms with Crippen LogP contribution in [0.2, 0.25) is 0 Å². The van der Waals surface area contributed by atoms with Crippen LogP contribution in [0.5, 0.6) is 0 Å². The maximum absolute atomic E-state index is 2.32. The highest BCUT2D eigenvalue weighted by molar-refractivity contribution is 6.44. The molecule has 0 aliphatic carbocycles. The minimum atomic E-state index is 1.24. The summed E-state index contributed by atoms with van der Waals surface area (Å²) < 4.78 is 0. The molecule has 0 spiro atoms. The van der Waals surface area contributed by atoms with Crippen molar-refractivity contribution >= 4 is 64.6 Å². The highest BCUT2D eigenvalue weighted by Crippen LogP contribution is 2.53. The molecule has 0 aliphatic rings. The van der Waals surface area contributed by atoms with Crippen LogP contribution in [0.1, 0.15) is 0 Å². The Hall–Kier alpha value is -5.46. The van der Waals surface area contributed by atoms with Crippen LogP contribution in [0.15, 0.2) is 158 Å². The van der Waals surface area contributed by atoms with Crippen molar-refractivity contribution in [3.63, 3.8) is 0 Å². The molecule has 0 nitrogen and oxygen atoms in total. The van der Waals surface area contributed by atoms with Crippen molar-refractivity contribution in [2.45, 2.75) is 0 Å². The van der Waals surface area contributed by atoms with E-state index in [9.17, 15) is 0 Å². The van der Waals surface area contributed by atoms with Crippen molar-refractivity contribution in [2.24, 2.45) is 0 Å². The molecule has 0 heterocycles. The van der Waals surface area contributed by atoms with Gasteiger partial charge in [0.05, 0.1) is 0 Å². The summed E-state index contributed by atoms with van der Waals surface area (Å²) in [4.78, 5) is 0. The molecule has 0 bridgehead atoms. The molecule has 42 heavy (non-hydrogen) atoms. The van der Waals surface area contributed by atoms with Crippen molar-refractivity contribution in [2.75, 3.05) is 0 Å². The molecule has 0 N–H and O–H groups in total. The fraction of sp³-hybridized carbons (Fsp3) is 0. The van der Waals surface area contributed by atoms with Gasteiger partial charge in [-0.05, 0) is 86.9 Å². The quantitative estimate of drug-likeness (QED) is 0.195. The molecule has 0 fully saturated rings. The number of benzene rings is 9. The lowest BCUT2D eigenvalue weighted by Gasteiger charge is -2.24. The predicted octanol–water partition coefficient (Wildman–Crippen LogP) is 11.9. The Balaban J connectivity index is 1.76. The van der Waals surface area contributed by atoms with Gasteiger partial charge in [0.25, 0.3) is 0 Å². The molecule has 0 saturated carbocycles. The predicted molar refractivity (Wildman–Crippen MR) is 182 cm³/mol. The molecule has 0 radical (unpaired) electrons. The van der Waals surface area contributed by atoms with Gasteiger partial charge in [0.1, 0.15) is 0 Å². The maximum atomic E-state index is 2.32. The van der Waals surface area contributed by atoms with E-state index in [1.807, 2.05) is 0 Å². The fourth-order valence-corrected chi connectivity index (χ4v) is 7.36. The van der Waals surface area contributed by atoms with Crippen LogP contribution >= 0.6 is 0 Å². The third-order valence-electron chi connectivity index (χ3n) is 8.99. The number of hydrogen-bond donors (Lipinski definition) is 0. The van der Waals surface area contributed by atoms with Crippen LogP contribution < -0.4 is 0 Å². The van der Waals surface area contributed by atoms with Gasteiger partial charge in [-0.1, -0.05) is 158 Å². The van der Waals surface area contributed by atoms with E-state index in [4.69, 9.17) is 0 Å². The molecule has 0 aromatic heterocycles. The monoisotopic (exact) mass is 530 g/mol. The van der Waals surface area contributed by atoms with Gasteiger partial charge in [0.15, 0.2) is 0 Å². The first-order chi connectivity index (χ1) is 20.9. The van der Waals surface area contributed by atoms with Crippen LogP contribution in [0.4, 0.5) is 0 Å². The SMILES string of the molecule is c1ccc(-c2c(-c3ccccc3)c3c4ccccc4c4ccccc4c3c3c4ccccc4c4ccccc4c23)cc1. The average molecular weight is 531 g/mol. The molecule has 9 aromatic carbocycles. The van der Waals surface area contributed by atoms with Gasteiger partial charge in [-0.25, -0.2) is 0 Å². The first-order valence-corrected chi connectivity index (χ1v) is 14.6. The Morgan fingerprint density at radius 3 is 0.738 bits per heavy atom. The summed E-state index contributed by atoms with van der Waals surface area (Å²) in [5, 5.41) is 15.7. The normalized spacial score (nSPS) is 11.8. The largest absolute Gasteiger partial charge is 0.0622 e. The van der Waals surface area contributed by atoms with Crippen LogP contribution in [0.25, 0.3) is 86.9 Å². The summed E-state index contributed by atoms with van der Waals surface area (Å²) in [5.41, 5.74) is 5.07. The van der Waals surface area contributed by atoms with E-state index >= 15 is 0 Å². The highest BCUT2D eigenvalue weighted by Gasteiger charge is 2.24. The smallest absolute Gasteiger partial charge is 0.000719 e. The minimum Gasteiger partial charge on any atom is -0.0622 e. The zero-order valence-corrected chi connectivity index (χ0v) is 23.0. The molecule has 0 saturated heterocycles. The van der Waals surface area contributed by atoms with Crippen molar-refractivity contribution in [1.82, 2.24) is 0 Å². The lowest BCUT2D eigenvalue weighted by Crippen LogP contribution is -1.96. The summed E-state index contributed by atoms with van der Waals surface area (Å²) in [6, 6.07) is 57.9. The molecule has 0 aliphatic heterocycles. The second kappa shape index (κ2) is 9.03. The molecule has 9 rings (SSSR count). The van der Waals surface area contributed by atoms with Crippen LogP contribution in [-0.2, 0) is 0 Å². The summed E-state index contributed by atoms with van der Waals surface area (Å²) in [6.07, 6.45) is 0. The van der Waals surface area contributed by atoms with Gasteiger partial charge in [-0.2, -0.15) is 0 Å². The molecule has 9 aromatic rings. The number of rotatable bonds is 2. The van der Waals surface area contributed by atoms with E-state index in [1.165, 1.54) is 86.9 Å². The lowest BCUT2D eigenvalue weighted by atomic mass is 9.78. The van der Waals surface area contributed by atoms with Crippen LogP contribution in [-0.4, -0.2) is 0 Å². The van der Waals surface area contributed by atoms with E-state index in [2.05, 4.69) is 158 Å². The molecule has 194 valence electrons.